The Labute approximate surface area is 135 Å². The molecule has 2 aromatic rings. The fraction of sp³-hybridized carbons (Fsp3) is 0.333. The van der Waals surface area contributed by atoms with Crippen molar-refractivity contribution in [2.45, 2.75) is 17.8 Å². The van der Waals surface area contributed by atoms with E-state index < -0.39 is 6.03 Å². The van der Waals surface area contributed by atoms with Crippen LogP contribution in [0.2, 0.25) is 0 Å². The van der Waals surface area contributed by atoms with Crippen LogP contribution in [-0.2, 0) is 11.3 Å². The minimum absolute atomic E-state index is 0.101. The minimum atomic E-state index is -0.494. The molecule has 0 atom stereocenters. The summed E-state index contributed by atoms with van der Waals surface area (Å²) in [5.74, 6) is 0.520. The van der Waals surface area contributed by atoms with E-state index in [-0.39, 0.29) is 11.7 Å². The van der Waals surface area contributed by atoms with Crippen molar-refractivity contribution in [1.82, 2.24) is 20.8 Å². The molecule has 2 rings (SSSR count). The molecule has 22 heavy (non-hydrogen) atoms. The second-order valence-corrected chi connectivity index (χ2v) is 6.20. The third-order valence-corrected chi connectivity index (χ3v) is 4.33. The van der Waals surface area contributed by atoms with Crippen molar-refractivity contribution in [2.75, 3.05) is 17.6 Å². The number of nitrogens with one attached hydrogen (secondary N) is 3. The molecule has 118 valence electrons. The van der Waals surface area contributed by atoms with Crippen molar-refractivity contribution >= 4 is 40.2 Å². The van der Waals surface area contributed by atoms with Crippen LogP contribution in [0.25, 0.3) is 0 Å². The molecule has 0 spiro atoms. The highest BCUT2D eigenvalue weighted by Gasteiger charge is 2.10. The summed E-state index contributed by atoms with van der Waals surface area (Å²) in [5, 5.41) is 16.4. The zero-order valence-electron chi connectivity index (χ0n) is 11.8. The van der Waals surface area contributed by atoms with Crippen LogP contribution in [0.15, 0.2) is 27.2 Å². The van der Waals surface area contributed by atoms with Gasteiger partial charge in [-0.2, -0.15) is 0 Å². The predicted molar refractivity (Wildman–Crippen MR) is 83.9 cm³/mol. The Morgan fingerprint density at radius 1 is 1.41 bits per heavy atom. The maximum atomic E-state index is 11.5. The summed E-state index contributed by atoms with van der Waals surface area (Å²) in [5.41, 5.74) is 0. The Bertz CT molecular complexity index is 614. The number of furan rings is 1. The van der Waals surface area contributed by atoms with Gasteiger partial charge in [0.25, 0.3) is 0 Å². The summed E-state index contributed by atoms with van der Waals surface area (Å²) in [6.45, 7) is 2.76. The zero-order valence-corrected chi connectivity index (χ0v) is 13.4. The molecule has 0 unspecified atom stereocenters. The molecule has 10 heteroatoms. The molecule has 0 saturated carbocycles. The smallest absolute Gasteiger partial charge is 0.321 e. The van der Waals surface area contributed by atoms with Gasteiger partial charge in [-0.05, 0) is 19.1 Å². The van der Waals surface area contributed by atoms with E-state index in [1.165, 1.54) is 23.1 Å². The first kappa shape index (κ1) is 16.3. The number of urea groups is 1. The number of rotatable bonds is 7. The number of imide groups is 1. The van der Waals surface area contributed by atoms with Crippen LogP contribution in [0.1, 0.15) is 12.7 Å². The number of carbonyl (C=O) groups excluding carboxylic acids is 2. The first-order valence-electron chi connectivity index (χ1n) is 6.47. The second-order valence-electron chi connectivity index (χ2n) is 4.00. The summed E-state index contributed by atoms with van der Waals surface area (Å²) in [6.07, 6.45) is 1.60. The van der Waals surface area contributed by atoms with Crippen molar-refractivity contribution in [3.63, 3.8) is 0 Å². The fourth-order valence-corrected chi connectivity index (χ4v) is 2.96. The topological polar surface area (TPSA) is 109 Å². The van der Waals surface area contributed by atoms with E-state index in [1.54, 1.807) is 13.2 Å². The molecule has 0 aliphatic rings. The molecule has 0 saturated heterocycles. The van der Waals surface area contributed by atoms with Crippen LogP contribution in [0.4, 0.5) is 9.93 Å². The summed E-state index contributed by atoms with van der Waals surface area (Å²) in [7, 11) is 0. The molecule has 0 aromatic carbocycles. The highest BCUT2D eigenvalue weighted by Crippen LogP contribution is 2.25. The van der Waals surface area contributed by atoms with Gasteiger partial charge in [0.1, 0.15) is 5.76 Å². The van der Waals surface area contributed by atoms with Gasteiger partial charge in [-0.15, -0.1) is 10.2 Å². The van der Waals surface area contributed by atoms with E-state index in [0.717, 1.165) is 5.76 Å². The van der Waals surface area contributed by atoms with Gasteiger partial charge in [0, 0.05) is 6.54 Å². The molecule has 0 aliphatic heterocycles. The summed E-state index contributed by atoms with van der Waals surface area (Å²) >= 11 is 2.56. The molecule has 0 aliphatic carbocycles. The monoisotopic (exact) mass is 341 g/mol. The zero-order chi connectivity index (χ0) is 15.8. The first-order chi connectivity index (χ1) is 10.7. The normalized spacial score (nSPS) is 10.2. The van der Waals surface area contributed by atoms with E-state index in [2.05, 4.69) is 26.1 Å². The van der Waals surface area contributed by atoms with Gasteiger partial charge in [-0.25, -0.2) is 4.79 Å². The highest BCUT2D eigenvalue weighted by atomic mass is 32.2. The van der Waals surface area contributed by atoms with E-state index in [1.807, 2.05) is 12.1 Å². The predicted octanol–water partition coefficient (Wildman–Crippen LogP) is 1.68. The lowest BCUT2D eigenvalue weighted by Gasteiger charge is -2.02. The molecule has 3 N–H and O–H groups in total. The van der Waals surface area contributed by atoms with E-state index in [0.29, 0.717) is 22.6 Å². The van der Waals surface area contributed by atoms with Crippen molar-refractivity contribution in [3.05, 3.63) is 24.2 Å². The molecule has 8 nitrogen and oxygen atoms in total. The van der Waals surface area contributed by atoms with Crippen molar-refractivity contribution < 1.29 is 14.0 Å². The average molecular weight is 341 g/mol. The number of hydrogen-bond donors (Lipinski definition) is 3. The molecule has 2 heterocycles. The maximum absolute atomic E-state index is 11.5. The first-order valence-corrected chi connectivity index (χ1v) is 8.28. The van der Waals surface area contributed by atoms with E-state index in [4.69, 9.17) is 4.42 Å². The summed E-state index contributed by atoms with van der Waals surface area (Å²) in [6, 6.07) is 3.17. The Morgan fingerprint density at radius 2 is 2.27 bits per heavy atom. The molecular formula is C12H15N5O3S2. The number of anilines is 1. The van der Waals surface area contributed by atoms with Gasteiger partial charge in [0.05, 0.1) is 18.6 Å². The lowest BCUT2D eigenvalue weighted by molar-refractivity contribution is -0.117. The van der Waals surface area contributed by atoms with Crippen LogP contribution in [0, 0.1) is 0 Å². The minimum Gasteiger partial charge on any atom is -0.467 e. The highest BCUT2D eigenvalue weighted by molar-refractivity contribution is 8.01. The Hall–Kier alpha value is -2.07. The lowest BCUT2D eigenvalue weighted by Crippen LogP contribution is -2.40. The largest absolute Gasteiger partial charge is 0.467 e. The van der Waals surface area contributed by atoms with Crippen LogP contribution < -0.4 is 16.0 Å². The van der Waals surface area contributed by atoms with E-state index in [9.17, 15) is 9.59 Å². The van der Waals surface area contributed by atoms with Crippen LogP contribution in [-0.4, -0.2) is 34.4 Å². The van der Waals surface area contributed by atoms with Gasteiger partial charge in [0.2, 0.25) is 11.0 Å². The standard InChI is InChI=1S/C12H15N5O3S2/c1-2-13-10(19)15-9(18)7-21-12-17-16-11(22-12)14-6-8-4-3-5-20-8/h3-5H,2,6-7H2,1H3,(H,14,16)(H2,13,15,18,19). The number of hydrogen-bond acceptors (Lipinski definition) is 8. The van der Waals surface area contributed by atoms with Crippen LogP contribution in [0.3, 0.4) is 0 Å². The van der Waals surface area contributed by atoms with E-state index >= 15 is 0 Å². The van der Waals surface area contributed by atoms with Crippen LogP contribution >= 0.6 is 23.1 Å². The molecule has 0 radical (unpaired) electrons. The SMILES string of the molecule is CCNC(=O)NC(=O)CSc1nnc(NCc2ccco2)s1. The summed E-state index contributed by atoms with van der Waals surface area (Å²) in [4.78, 5) is 22.7. The summed E-state index contributed by atoms with van der Waals surface area (Å²) < 4.78 is 5.84. The molecular weight excluding hydrogens is 326 g/mol. The number of aromatic nitrogens is 2. The molecule has 0 bridgehead atoms. The number of nitrogens with zero attached hydrogens (tertiary/aromatic N) is 2. The van der Waals surface area contributed by atoms with Gasteiger partial charge in [-0.3, -0.25) is 10.1 Å². The average Bonchev–Trinajstić information content (AvgIpc) is 3.15. The Balaban J connectivity index is 1.72. The number of amides is 3. The van der Waals surface area contributed by atoms with Gasteiger partial charge in [-0.1, -0.05) is 23.1 Å². The molecule has 3 amide bonds. The third kappa shape index (κ3) is 5.37. The van der Waals surface area contributed by atoms with Crippen LogP contribution in [0.5, 0.6) is 0 Å². The van der Waals surface area contributed by atoms with Crippen molar-refractivity contribution in [1.29, 1.82) is 0 Å². The number of carbonyl (C=O) groups is 2. The van der Waals surface area contributed by atoms with Gasteiger partial charge in [0.15, 0.2) is 4.34 Å². The Morgan fingerprint density at radius 3 is 3.00 bits per heavy atom. The van der Waals surface area contributed by atoms with Crippen molar-refractivity contribution in [3.8, 4) is 0 Å². The van der Waals surface area contributed by atoms with Gasteiger partial charge < -0.3 is 15.1 Å². The lowest BCUT2D eigenvalue weighted by atomic mass is 10.4. The third-order valence-electron chi connectivity index (χ3n) is 2.32. The molecule has 0 fully saturated rings. The molecule has 2 aromatic heterocycles. The number of thioether (sulfide) groups is 1. The fourth-order valence-electron chi connectivity index (χ4n) is 1.41. The van der Waals surface area contributed by atoms with Crippen molar-refractivity contribution in [2.24, 2.45) is 0 Å². The quantitative estimate of drug-likeness (QED) is 0.657. The maximum Gasteiger partial charge on any atom is 0.321 e. The Kier molecular flexibility index (Phi) is 6.22. The second kappa shape index (κ2) is 8.39. The van der Waals surface area contributed by atoms with Gasteiger partial charge >= 0.3 is 6.03 Å².